The van der Waals surface area contributed by atoms with Gasteiger partial charge in [0.2, 0.25) is 0 Å². The summed E-state index contributed by atoms with van der Waals surface area (Å²) < 4.78 is 1.87. The highest BCUT2D eigenvalue weighted by Gasteiger charge is 2.19. The molecule has 114 valence electrons. The predicted molar refractivity (Wildman–Crippen MR) is 85.1 cm³/mol. The lowest BCUT2D eigenvalue weighted by Crippen LogP contribution is -2.41. The molecule has 5 nitrogen and oxygen atoms in total. The summed E-state index contributed by atoms with van der Waals surface area (Å²) in [6.45, 7) is 9.90. The normalized spacial score (nSPS) is 18.4. The van der Waals surface area contributed by atoms with E-state index in [4.69, 9.17) is 5.73 Å². The van der Waals surface area contributed by atoms with Crippen LogP contribution in [-0.4, -0.2) is 40.4 Å². The van der Waals surface area contributed by atoms with Crippen LogP contribution < -0.4 is 11.1 Å². The summed E-state index contributed by atoms with van der Waals surface area (Å²) in [6.07, 6.45) is 4.04. The number of anilines is 2. The first-order chi connectivity index (χ1) is 9.50. The van der Waals surface area contributed by atoms with Crippen LogP contribution in [0.3, 0.4) is 0 Å². The highest BCUT2D eigenvalue weighted by molar-refractivity contribution is 5.65. The Morgan fingerprint density at radius 3 is 2.40 bits per heavy atom. The highest BCUT2D eigenvalue weighted by Crippen LogP contribution is 2.27. The van der Waals surface area contributed by atoms with Gasteiger partial charge in [-0.1, -0.05) is 20.3 Å². The smallest absolute Gasteiger partial charge is 0.147 e. The number of nitrogen functional groups attached to an aromatic ring is 1. The number of nitrogens with zero attached hydrogens (tertiary/aromatic N) is 3. The number of likely N-dealkylation sites (tertiary alicyclic amines) is 1. The molecule has 20 heavy (non-hydrogen) atoms. The Hall–Kier alpha value is -1.23. The van der Waals surface area contributed by atoms with Crippen molar-refractivity contribution in [2.24, 2.45) is 7.05 Å². The summed E-state index contributed by atoms with van der Waals surface area (Å²) in [5, 5.41) is 8.00. The Morgan fingerprint density at radius 1 is 1.20 bits per heavy atom. The molecule has 1 aromatic heterocycles. The van der Waals surface area contributed by atoms with Gasteiger partial charge < -0.3 is 11.1 Å². The van der Waals surface area contributed by atoms with Crippen molar-refractivity contribution in [2.45, 2.75) is 52.0 Å². The maximum absolute atomic E-state index is 6.21. The second-order valence-electron chi connectivity index (χ2n) is 6.25. The van der Waals surface area contributed by atoms with Gasteiger partial charge in [0.15, 0.2) is 0 Å². The van der Waals surface area contributed by atoms with Crippen molar-refractivity contribution >= 4 is 11.5 Å². The Bertz CT molecular complexity index is 432. The van der Waals surface area contributed by atoms with Crippen LogP contribution in [0.1, 0.15) is 51.6 Å². The fourth-order valence-corrected chi connectivity index (χ4v) is 2.93. The third kappa shape index (κ3) is 3.26. The Morgan fingerprint density at radius 2 is 1.85 bits per heavy atom. The molecule has 2 heterocycles. The van der Waals surface area contributed by atoms with Gasteiger partial charge >= 0.3 is 0 Å². The Kier molecular flexibility index (Phi) is 4.91. The van der Waals surface area contributed by atoms with Crippen LogP contribution in [0, 0.1) is 0 Å². The largest absolute Gasteiger partial charge is 0.394 e. The third-order valence-corrected chi connectivity index (χ3v) is 4.24. The molecular formula is C15H29N5. The van der Waals surface area contributed by atoms with Crippen LogP contribution in [0.25, 0.3) is 0 Å². The standard InChI is InChI=1S/C15H29N5/c1-11(2)14-13(16)15(19(4)18-14)17-10-12(3)20-8-6-5-7-9-20/h11-12,17H,5-10,16H2,1-4H3. The molecule has 1 atom stereocenters. The van der Waals surface area contributed by atoms with Crippen molar-refractivity contribution in [1.82, 2.24) is 14.7 Å². The minimum Gasteiger partial charge on any atom is -0.394 e. The number of hydrogen-bond acceptors (Lipinski definition) is 4. The minimum atomic E-state index is 0.358. The van der Waals surface area contributed by atoms with E-state index in [1.54, 1.807) is 0 Å². The molecule has 5 heteroatoms. The van der Waals surface area contributed by atoms with E-state index in [0.29, 0.717) is 12.0 Å². The van der Waals surface area contributed by atoms with Crippen molar-refractivity contribution in [3.63, 3.8) is 0 Å². The van der Waals surface area contributed by atoms with E-state index < -0.39 is 0 Å². The highest BCUT2D eigenvalue weighted by atomic mass is 15.3. The molecule has 1 saturated heterocycles. The molecule has 0 saturated carbocycles. The van der Waals surface area contributed by atoms with Crippen LogP contribution >= 0.6 is 0 Å². The summed E-state index contributed by atoms with van der Waals surface area (Å²) in [5.41, 5.74) is 8.00. The van der Waals surface area contributed by atoms with Crippen molar-refractivity contribution in [1.29, 1.82) is 0 Å². The molecule has 0 radical (unpaired) electrons. The summed E-state index contributed by atoms with van der Waals surface area (Å²) in [5.74, 6) is 1.31. The summed E-state index contributed by atoms with van der Waals surface area (Å²) >= 11 is 0. The Labute approximate surface area is 122 Å². The molecule has 1 fully saturated rings. The van der Waals surface area contributed by atoms with Crippen molar-refractivity contribution < 1.29 is 0 Å². The summed E-state index contributed by atoms with van der Waals surface area (Å²) in [7, 11) is 1.95. The zero-order valence-electron chi connectivity index (χ0n) is 13.3. The number of rotatable bonds is 5. The van der Waals surface area contributed by atoms with Gasteiger partial charge in [0.1, 0.15) is 5.82 Å². The monoisotopic (exact) mass is 279 g/mol. The van der Waals surface area contributed by atoms with Gasteiger partial charge in [-0.05, 0) is 38.8 Å². The average molecular weight is 279 g/mol. The molecule has 0 bridgehead atoms. The van der Waals surface area contributed by atoms with Gasteiger partial charge in [-0.2, -0.15) is 5.10 Å². The quantitative estimate of drug-likeness (QED) is 0.869. The fourth-order valence-electron chi connectivity index (χ4n) is 2.93. The number of aromatic nitrogens is 2. The summed E-state index contributed by atoms with van der Waals surface area (Å²) in [6, 6.07) is 0.534. The van der Waals surface area contributed by atoms with E-state index >= 15 is 0 Å². The number of aryl methyl sites for hydroxylation is 1. The molecular weight excluding hydrogens is 250 g/mol. The maximum atomic E-state index is 6.21. The van der Waals surface area contributed by atoms with Gasteiger partial charge in [-0.25, -0.2) is 0 Å². The van der Waals surface area contributed by atoms with E-state index in [0.717, 1.165) is 23.7 Å². The van der Waals surface area contributed by atoms with Crippen LogP contribution in [-0.2, 0) is 7.05 Å². The van der Waals surface area contributed by atoms with Crippen LogP contribution in [0.4, 0.5) is 11.5 Å². The molecule has 0 amide bonds. The molecule has 0 aromatic carbocycles. The second-order valence-corrected chi connectivity index (χ2v) is 6.25. The molecule has 1 aliphatic heterocycles. The first-order valence-electron chi connectivity index (χ1n) is 7.81. The van der Waals surface area contributed by atoms with E-state index in [1.165, 1.54) is 32.4 Å². The number of piperidine rings is 1. The topological polar surface area (TPSA) is 59.1 Å². The lowest BCUT2D eigenvalue weighted by molar-refractivity contribution is 0.180. The van der Waals surface area contributed by atoms with Crippen molar-refractivity contribution in [2.75, 3.05) is 30.7 Å². The fraction of sp³-hybridized carbons (Fsp3) is 0.800. The molecule has 0 aliphatic carbocycles. The van der Waals surface area contributed by atoms with Gasteiger partial charge in [0.25, 0.3) is 0 Å². The number of nitrogens with two attached hydrogens (primary N) is 1. The Balaban J connectivity index is 1.96. The lowest BCUT2D eigenvalue weighted by atomic mass is 10.1. The van der Waals surface area contributed by atoms with Crippen molar-refractivity contribution in [3.8, 4) is 0 Å². The molecule has 1 aliphatic rings. The maximum Gasteiger partial charge on any atom is 0.147 e. The minimum absolute atomic E-state index is 0.358. The SMILES string of the molecule is CC(C)c1nn(C)c(NCC(C)N2CCCCC2)c1N. The first kappa shape index (κ1) is 15.2. The molecule has 2 rings (SSSR count). The molecule has 3 N–H and O–H groups in total. The van der Waals surface area contributed by atoms with E-state index in [2.05, 4.69) is 36.1 Å². The average Bonchev–Trinajstić information content (AvgIpc) is 2.72. The van der Waals surface area contributed by atoms with E-state index in [9.17, 15) is 0 Å². The van der Waals surface area contributed by atoms with Crippen LogP contribution in [0.5, 0.6) is 0 Å². The zero-order valence-corrected chi connectivity index (χ0v) is 13.3. The molecule has 1 aromatic rings. The van der Waals surface area contributed by atoms with E-state index in [1.807, 2.05) is 11.7 Å². The van der Waals surface area contributed by atoms with Gasteiger partial charge in [0, 0.05) is 19.6 Å². The van der Waals surface area contributed by atoms with Crippen LogP contribution in [0.2, 0.25) is 0 Å². The van der Waals surface area contributed by atoms with Gasteiger partial charge in [-0.15, -0.1) is 0 Å². The number of hydrogen-bond donors (Lipinski definition) is 2. The molecule has 1 unspecified atom stereocenters. The third-order valence-electron chi connectivity index (χ3n) is 4.24. The first-order valence-corrected chi connectivity index (χ1v) is 7.81. The summed E-state index contributed by atoms with van der Waals surface area (Å²) in [4.78, 5) is 2.56. The van der Waals surface area contributed by atoms with Gasteiger partial charge in [0.05, 0.1) is 11.4 Å². The lowest BCUT2D eigenvalue weighted by Gasteiger charge is -2.32. The van der Waals surface area contributed by atoms with Gasteiger partial charge in [-0.3, -0.25) is 9.58 Å². The molecule has 0 spiro atoms. The number of nitrogens with one attached hydrogen (secondary N) is 1. The zero-order chi connectivity index (χ0) is 14.7. The van der Waals surface area contributed by atoms with Crippen LogP contribution in [0.15, 0.2) is 0 Å². The van der Waals surface area contributed by atoms with Crippen molar-refractivity contribution in [3.05, 3.63) is 5.69 Å². The predicted octanol–water partition coefficient (Wildman–Crippen LogP) is 2.41. The van der Waals surface area contributed by atoms with E-state index in [-0.39, 0.29) is 0 Å². The second kappa shape index (κ2) is 6.48.